The van der Waals surface area contributed by atoms with Gasteiger partial charge in [-0.25, -0.2) is 4.79 Å². The molecule has 4 rings (SSSR count). The summed E-state index contributed by atoms with van der Waals surface area (Å²) in [6.07, 6.45) is -46.2. The van der Waals surface area contributed by atoms with Crippen LogP contribution >= 0.6 is 0 Å². The molecule has 0 aromatic carbocycles. The highest BCUT2D eigenvalue weighted by atomic mass is 16.8. The molecule has 72 heavy (non-hydrogen) atoms. The van der Waals surface area contributed by atoms with E-state index in [2.05, 4.69) is 16.0 Å². The number of carbonyl (C=O) groups is 4. The van der Waals surface area contributed by atoms with E-state index in [1.54, 1.807) is 0 Å². The molecule has 418 valence electrons. The molecule has 4 aliphatic heterocycles. The van der Waals surface area contributed by atoms with Gasteiger partial charge in [0.05, 0.1) is 51.8 Å². The van der Waals surface area contributed by atoms with Crippen molar-refractivity contribution in [1.82, 2.24) is 16.0 Å². The molecule has 0 bridgehead atoms. The fraction of sp³-hybridized carbons (Fsp3) is 0.897. The van der Waals surface area contributed by atoms with Crippen molar-refractivity contribution < 1.29 is 149 Å². The van der Waals surface area contributed by atoms with Crippen molar-refractivity contribution in [3.05, 3.63) is 0 Å². The number of nitrogens with one attached hydrogen (secondary N) is 3. The summed E-state index contributed by atoms with van der Waals surface area (Å²) in [5, 5.41) is 196. The Morgan fingerprint density at radius 3 is 1.64 bits per heavy atom. The van der Waals surface area contributed by atoms with Gasteiger partial charge in [-0.15, -0.1) is 0 Å². The molecule has 21 N–H and O–H groups in total. The van der Waals surface area contributed by atoms with Gasteiger partial charge in [-0.1, -0.05) is 0 Å². The Morgan fingerprint density at radius 2 is 1.11 bits per heavy atom. The minimum absolute atomic E-state index is 0.871. The molecular formula is C39H67N3O30. The highest BCUT2D eigenvalue weighted by Crippen LogP contribution is 2.40. The van der Waals surface area contributed by atoms with Crippen LogP contribution < -0.4 is 16.0 Å². The normalized spacial score (nSPS) is 39.9. The molecule has 4 fully saturated rings. The zero-order chi connectivity index (χ0) is 54.1. The first kappa shape index (κ1) is 61.4. The van der Waals surface area contributed by atoms with Gasteiger partial charge in [0, 0.05) is 20.3 Å². The van der Waals surface area contributed by atoms with Crippen molar-refractivity contribution in [1.29, 1.82) is 0 Å². The largest absolute Gasteiger partial charge is 0.477 e. The highest BCUT2D eigenvalue weighted by molar-refractivity contribution is 5.78. The summed E-state index contributed by atoms with van der Waals surface area (Å²) in [6, 6.07) is -5.85. The fourth-order valence-corrected chi connectivity index (χ4v) is 8.53. The number of carbonyl (C=O) groups excluding carboxylic acids is 3. The molecule has 0 aromatic heterocycles. The first-order valence-electron chi connectivity index (χ1n) is 22.3. The van der Waals surface area contributed by atoms with Crippen LogP contribution in [0.2, 0.25) is 0 Å². The standard InChI is InChI=1S/C39H67N3O30/c1-11(50)40-22-28(61)26(59)17(7-46)65-35(22)69-31-19(9-48)67-36(70-34-27(60)18(8-47)66-37(29(34)62)68-30(16(55)6-45)24(57)14(53)4-43)23(41-12(2)51)33(31)72-39(38(63)64)3-13(52)21(42-20(56)10-49)32(71-39)25(58)15(54)5-44/h13-19,21-37,43-49,52-55,57-62H,3-10H2,1-2H3,(H,40,50)(H,41,51)(H,42,56)(H,63,64)/t13-,14-,15+,16+,17+,18+,19+,21+,22+,23+,24+,25+,26-,27-,28+,29+,30-,31-,32+,33+,34-,35-,36-,37-,39-/m0/s1. The van der Waals surface area contributed by atoms with Crippen LogP contribution in [0.15, 0.2) is 0 Å². The molecule has 0 aliphatic carbocycles. The van der Waals surface area contributed by atoms with Gasteiger partial charge in [-0.05, 0) is 0 Å². The second-order valence-electron chi connectivity index (χ2n) is 17.4. The van der Waals surface area contributed by atoms with E-state index in [9.17, 15) is 111 Å². The van der Waals surface area contributed by atoms with Crippen LogP contribution in [0.25, 0.3) is 0 Å². The van der Waals surface area contributed by atoms with E-state index in [-0.39, 0.29) is 0 Å². The molecule has 0 unspecified atom stereocenters. The van der Waals surface area contributed by atoms with Gasteiger partial charge < -0.3 is 146 Å². The van der Waals surface area contributed by atoms with Gasteiger partial charge in [0.1, 0.15) is 122 Å². The minimum atomic E-state index is -3.40. The summed E-state index contributed by atoms with van der Waals surface area (Å²) < 4.78 is 46.8. The highest BCUT2D eigenvalue weighted by Gasteiger charge is 2.62. The Balaban J connectivity index is 1.93. The summed E-state index contributed by atoms with van der Waals surface area (Å²) in [5.74, 6) is -8.75. The van der Waals surface area contributed by atoms with Crippen LogP contribution in [0.4, 0.5) is 0 Å². The SMILES string of the molecule is CC(=O)N[C@H]1[C@H](O[C@@H]2[C@H](O[C@]3(C(=O)O)C[C@H](O)[C@@H](NC(=O)CO)[C@H]([C@H](O)[C@H](O)CO)O3)[C@@H](NC(C)=O)[C@H](O[C@H]3[C@@H](O)[C@@H](CO)O[C@@H](O[C@H]([C@H](O)[C@@H](O)CO)[C@H](O)CO)[C@@H]3O)O[C@@H]2CO)O[C@H](CO)[C@H](O)[C@@H]1O. The molecule has 3 amide bonds. The van der Waals surface area contributed by atoms with Crippen LogP contribution in [0.3, 0.4) is 0 Å². The molecule has 0 spiro atoms. The Morgan fingerprint density at radius 1 is 0.597 bits per heavy atom. The van der Waals surface area contributed by atoms with Gasteiger partial charge in [-0.3, -0.25) is 14.4 Å². The molecule has 4 aliphatic rings. The van der Waals surface area contributed by atoms with Crippen molar-refractivity contribution in [2.45, 2.75) is 173 Å². The Kier molecular flexibility index (Phi) is 23.1. The lowest BCUT2D eigenvalue weighted by Crippen LogP contribution is -2.74. The number of ether oxygens (including phenoxy) is 8. The summed E-state index contributed by atoms with van der Waals surface area (Å²) in [6.45, 7) is -6.29. The van der Waals surface area contributed by atoms with Crippen molar-refractivity contribution >= 4 is 23.7 Å². The predicted molar refractivity (Wildman–Crippen MR) is 222 cm³/mol. The van der Waals surface area contributed by atoms with Gasteiger partial charge in [-0.2, -0.15) is 0 Å². The van der Waals surface area contributed by atoms with Gasteiger partial charge in [0.15, 0.2) is 18.9 Å². The van der Waals surface area contributed by atoms with Gasteiger partial charge >= 0.3 is 5.97 Å². The lowest BCUT2D eigenvalue weighted by molar-refractivity contribution is -0.389. The van der Waals surface area contributed by atoms with Crippen LogP contribution in [0.1, 0.15) is 20.3 Å². The third-order valence-electron chi connectivity index (χ3n) is 12.2. The molecule has 4 heterocycles. The van der Waals surface area contributed by atoms with Crippen molar-refractivity contribution in [3.8, 4) is 0 Å². The summed E-state index contributed by atoms with van der Waals surface area (Å²) in [5.41, 5.74) is 0. The number of carboxylic acids is 1. The maximum absolute atomic E-state index is 13.6. The summed E-state index contributed by atoms with van der Waals surface area (Å²) >= 11 is 0. The van der Waals surface area contributed by atoms with E-state index in [0.717, 1.165) is 13.8 Å². The number of carboxylic acid groups (broad SMARTS) is 1. The molecule has 0 radical (unpaired) electrons. The zero-order valence-corrected chi connectivity index (χ0v) is 38.5. The number of amides is 3. The smallest absolute Gasteiger partial charge is 0.364 e. The van der Waals surface area contributed by atoms with Crippen molar-refractivity contribution in [2.75, 3.05) is 46.2 Å². The van der Waals surface area contributed by atoms with Crippen LogP contribution in [0.5, 0.6) is 0 Å². The number of aliphatic hydroxyl groups excluding tert-OH is 17. The number of aliphatic hydroxyl groups is 17. The molecular weight excluding hydrogens is 990 g/mol. The quantitative estimate of drug-likeness (QED) is 0.0427. The second kappa shape index (κ2) is 27.1. The molecule has 0 saturated carbocycles. The van der Waals surface area contributed by atoms with E-state index in [0.29, 0.717) is 0 Å². The third-order valence-corrected chi connectivity index (χ3v) is 12.2. The zero-order valence-electron chi connectivity index (χ0n) is 38.5. The fourth-order valence-electron chi connectivity index (χ4n) is 8.53. The average molecular weight is 1060 g/mol. The lowest BCUT2D eigenvalue weighted by Gasteiger charge is -2.53. The van der Waals surface area contributed by atoms with E-state index >= 15 is 0 Å². The third kappa shape index (κ3) is 14.0. The van der Waals surface area contributed by atoms with Crippen molar-refractivity contribution in [3.63, 3.8) is 0 Å². The maximum atomic E-state index is 13.6. The monoisotopic (exact) mass is 1060 g/mol. The molecule has 33 heteroatoms. The number of hydrogen-bond acceptors (Lipinski definition) is 29. The van der Waals surface area contributed by atoms with E-state index < -0.39 is 229 Å². The Bertz CT molecular complexity index is 1740. The summed E-state index contributed by atoms with van der Waals surface area (Å²) in [4.78, 5) is 51.5. The average Bonchev–Trinajstić information content (AvgIpc) is 3.35. The minimum Gasteiger partial charge on any atom is -0.477 e. The number of aliphatic carboxylic acids is 1. The Labute approximate surface area is 407 Å². The first-order valence-corrected chi connectivity index (χ1v) is 22.3. The number of hydrogen-bond donors (Lipinski definition) is 21. The maximum Gasteiger partial charge on any atom is 0.364 e. The Hall–Kier alpha value is -3.12. The molecule has 33 nitrogen and oxygen atoms in total. The van der Waals surface area contributed by atoms with E-state index in [1.165, 1.54) is 0 Å². The van der Waals surface area contributed by atoms with Crippen LogP contribution in [-0.4, -0.2) is 315 Å². The van der Waals surface area contributed by atoms with Gasteiger partial charge in [0.25, 0.3) is 5.79 Å². The van der Waals surface area contributed by atoms with E-state index in [4.69, 9.17) is 37.9 Å². The van der Waals surface area contributed by atoms with Gasteiger partial charge in [0.2, 0.25) is 17.7 Å². The topological polar surface area (TPSA) is 542 Å². The van der Waals surface area contributed by atoms with Crippen LogP contribution in [-0.2, 0) is 57.1 Å². The first-order chi connectivity index (χ1) is 33.9. The van der Waals surface area contributed by atoms with Crippen LogP contribution in [0, 0.1) is 0 Å². The van der Waals surface area contributed by atoms with Crippen molar-refractivity contribution in [2.24, 2.45) is 0 Å². The molecule has 4 saturated heterocycles. The lowest BCUT2D eigenvalue weighted by atomic mass is 9.87. The predicted octanol–water partition coefficient (Wildman–Crippen LogP) is -13.7. The molecule has 0 aromatic rings. The molecule has 25 atom stereocenters. The summed E-state index contributed by atoms with van der Waals surface area (Å²) in [7, 11) is 0. The number of rotatable bonds is 24. The second-order valence-corrected chi connectivity index (χ2v) is 17.4. The van der Waals surface area contributed by atoms with E-state index in [1.807, 2.05) is 0 Å².